The van der Waals surface area contributed by atoms with Crippen molar-refractivity contribution >= 4 is 21.8 Å². The Hall–Kier alpha value is -1.81. The zero-order chi connectivity index (χ0) is 13.8. The highest BCUT2D eigenvalue weighted by Gasteiger charge is 2.09. The van der Waals surface area contributed by atoms with Crippen molar-refractivity contribution in [1.29, 1.82) is 0 Å². The standard InChI is InChI=1S/C15H14BrNO2/c1-2-19-14-6-4-3-5-13(14)10-7-11(15(17)18)9-12(16)8-10/h3-9H,2H2,1H3,(H2,17,18). The molecule has 1 amide bonds. The first-order valence-corrected chi connectivity index (χ1v) is 6.73. The van der Waals surface area contributed by atoms with Crippen LogP contribution in [0, 0.1) is 0 Å². The summed E-state index contributed by atoms with van der Waals surface area (Å²) in [6.45, 7) is 2.53. The molecular formula is C15H14BrNO2. The maximum atomic E-state index is 11.3. The lowest BCUT2D eigenvalue weighted by atomic mass is 10.0. The van der Waals surface area contributed by atoms with Gasteiger partial charge in [0, 0.05) is 15.6 Å². The highest BCUT2D eigenvalue weighted by molar-refractivity contribution is 9.10. The largest absolute Gasteiger partial charge is 0.493 e. The maximum absolute atomic E-state index is 11.3. The molecule has 0 unspecified atom stereocenters. The molecule has 0 radical (unpaired) electrons. The molecule has 0 saturated heterocycles. The van der Waals surface area contributed by atoms with E-state index in [4.69, 9.17) is 10.5 Å². The number of hydrogen-bond acceptors (Lipinski definition) is 2. The van der Waals surface area contributed by atoms with E-state index < -0.39 is 5.91 Å². The summed E-state index contributed by atoms with van der Waals surface area (Å²) in [5, 5.41) is 0. The van der Waals surface area contributed by atoms with Gasteiger partial charge in [0.05, 0.1) is 6.61 Å². The van der Waals surface area contributed by atoms with Crippen LogP contribution in [0.15, 0.2) is 46.9 Å². The number of para-hydroxylation sites is 1. The lowest BCUT2D eigenvalue weighted by Crippen LogP contribution is -2.10. The molecule has 0 aliphatic carbocycles. The number of rotatable bonds is 4. The number of nitrogens with two attached hydrogens (primary N) is 1. The molecule has 0 aromatic heterocycles. The number of carbonyl (C=O) groups is 1. The van der Waals surface area contributed by atoms with Gasteiger partial charge in [-0.15, -0.1) is 0 Å². The maximum Gasteiger partial charge on any atom is 0.248 e. The zero-order valence-corrected chi connectivity index (χ0v) is 12.1. The summed E-state index contributed by atoms with van der Waals surface area (Å²) in [4.78, 5) is 11.3. The molecule has 0 spiro atoms. The second kappa shape index (κ2) is 5.89. The first-order valence-electron chi connectivity index (χ1n) is 5.94. The van der Waals surface area contributed by atoms with E-state index in [1.54, 1.807) is 12.1 Å². The van der Waals surface area contributed by atoms with E-state index in [2.05, 4.69) is 15.9 Å². The van der Waals surface area contributed by atoms with Gasteiger partial charge < -0.3 is 10.5 Å². The molecule has 98 valence electrons. The van der Waals surface area contributed by atoms with Crippen LogP contribution in [0.1, 0.15) is 17.3 Å². The van der Waals surface area contributed by atoms with Crippen molar-refractivity contribution in [2.24, 2.45) is 5.73 Å². The minimum Gasteiger partial charge on any atom is -0.493 e. The van der Waals surface area contributed by atoms with Gasteiger partial charge >= 0.3 is 0 Å². The summed E-state index contributed by atoms with van der Waals surface area (Å²) < 4.78 is 6.41. The van der Waals surface area contributed by atoms with E-state index in [1.807, 2.05) is 37.3 Å². The van der Waals surface area contributed by atoms with Gasteiger partial charge in [0.1, 0.15) is 5.75 Å². The first kappa shape index (κ1) is 13.6. The summed E-state index contributed by atoms with van der Waals surface area (Å²) in [7, 11) is 0. The molecule has 4 heteroatoms. The van der Waals surface area contributed by atoms with Crippen LogP contribution in [-0.2, 0) is 0 Å². The number of primary amides is 1. The van der Waals surface area contributed by atoms with Crippen molar-refractivity contribution in [3.63, 3.8) is 0 Å². The highest BCUT2D eigenvalue weighted by atomic mass is 79.9. The van der Waals surface area contributed by atoms with Crippen LogP contribution in [0.3, 0.4) is 0 Å². The SMILES string of the molecule is CCOc1ccccc1-c1cc(Br)cc(C(N)=O)c1. The Labute approximate surface area is 120 Å². The number of carbonyl (C=O) groups excluding carboxylic acids is 1. The van der Waals surface area contributed by atoms with Gasteiger partial charge in [-0.05, 0) is 36.8 Å². The van der Waals surface area contributed by atoms with Crippen molar-refractivity contribution in [1.82, 2.24) is 0 Å². The number of hydrogen-bond donors (Lipinski definition) is 1. The average Bonchev–Trinajstić information content (AvgIpc) is 2.39. The third-order valence-electron chi connectivity index (χ3n) is 2.68. The van der Waals surface area contributed by atoms with Crippen LogP contribution in [0.25, 0.3) is 11.1 Å². The lowest BCUT2D eigenvalue weighted by Gasteiger charge is -2.11. The minimum atomic E-state index is -0.448. The molecule has 2 aromatic rings. The van der Waals surface area contributed by atoms with Crippen LogP contribution >= 0.6 is 15.9 Å². The number of benzene rings is 2. The second-order valence-corrected chi connectivity index (χ2v) is 4.94. The number of ether oxygens (including phenoxy) is 1. The summed E-state index contributed by atoms with van der Waals surface area (Å²) in [5.41, 5.74) is 7.64. The van der Waals surface area contributed by atoms with E-state index in [0.717, 1.165) is 21.3 Å². The van der Waals surface area contributed by atoms with E-state index in [1.165, 1.54) is 0 Å². The lowest BCUT2D eigenvalue weighted by molar-refractivity contribution is 0.100. The van der Waals surface area contributed by atoms with E-state index in [-0.39, 0.29) is 0 Å². The molecule has 0 atom stereocenters. The third kappa shape index (κ3) is 3.15. The van der Waals surface area contributed by atoms with Gasteiger partial charge in [0.15, 0.2) is 0 Å². The Morgan fingerprint density at radius 1 is 1.26 bits per heavy atom. The molecule has 2 N–H and O–H groups in total. The van der Waals surface area contributed by atoms with E-state index >= 15 is 0 Å². The van der Waals surface area contributed by atoms with Crippen LogP contribution in [0.5, 0.6) is 5.75 Å². The molecule has 2 aromatic carbocycles. The van der Waals surface area contributed by atoms with Crippen molar-refractivity contribution in [2.45, 2.75) is 6.92 Å². The van der Waals surface area contributed by atoms with Crippen molar-refractivity contribution in [3.8, 4) is 16.9 Å². The highest BCUT2D eigenvalue weighted by Crippen LogP contribution is 2.32. The van der Waals surface area contributed by atoms with Gasteiger partial charge in [-0.1, -0.05) is 34.1 Å². The number of halogens is 1. The van der Waals surface area contributed by atoms with Gasteiger partial charge in [-0.2, -0.15) is 0 Å². The van der Waals surface area contributed by atoms with E-state index in [9.17, 15) is 4.79 Å². The molecule has 0 aliphatic heterocycles. The second-order valence-electron chi connectivity index (χ2n) is 4.02. The zero-order valence-electron chi connectivity index (χ0n) is 10.5. The van der Waals surface area contributed by atoms with Crippen LogP contribution in [-0.4, -0.2) is 12.5 Å². The monoisotopic (exact) mass is 319 g/mol. The normalized spacial score (nSPS) is 10.2. The fourth-order valence-corrected chi connectivity index (χ4v) is 2.37. The van der Waals surface area contributed by atoms with Gasteiger partial charge in [-0.3, -0.25) is 4.79 Å². The van der Waals surface area contributed by atoms with Gasteiger partial charge in [0.2, 0.25) is 5.91 Å². The predicted octanol–water partition coefficient (Wildman–Crippen LogP) is 3.61. The Morgan fingerprint density at radius 2 is 2.00 bits per heavy atom. The molecule has 2 rings (SSSR count). The summed E-state index contributed by atoms with van der Waals surface area (Å²) in [6, 6.07) is 13.1. The van der Waals surface area contributed by atoms with E-state index in [0.29, 0.717) is 12.2 Å². The molecule has 0 fully saturated rings. The summed E-state index contributed by atoms with van der Waals surface area (Å²) in [5.74, 6) is 0.343. The molecule has 0 saturated carbocycles. The summed E-state index contributed by atoms with van der Waals surface area (Å²) in [6.07, 6.45) is 0. The molecule has 19 heavy (non-hydrogen) atoms. The average molecular weight is 320 g/mol. The topological polar surface area (TPSA) is 52.3 Å². The smallest absolute Gasteiger partial charge is 0.248 e. The molecule has 0 bridgehead atoms. The van der Waals surface area contributed by atoms with Crippen molar-refractivity contribution in [3.05, 3.63) is 52.5 Å². The summed E-state index contributed by atoms with van der Waals surface area (Å²) >= 11 is 3.39. The molecule has 0 aliphatic rings. The van der Waals surface area contributed by atoms with Crippen LogP contribution in [0.4, 0.5) is 0 Å². The Kier molecular flexibility index (Phi) is 4.22. The third-order valence-corrected chi connectivity index (χ3v) is 3.14. The van der Waals surface area contributed by atoms with Crippen LogP contribution in [0.2, 0.25) is 0 Å². The fourth-order valence-electron chi connectivity index (χ4n) is 1.87. The Morgan fingerprint density at radius 3 is 2.68 bits per heavy atom. The molecule has 0 heterocycles. The molecule has 3 nitrogen and oxygen atoms in total. The number of amides is 1. The first-order chi connectivity index (χ1) is 9.11. The van der Waals surface area contributed by atoms with Crippen LogP contribution < -0.4 is 10.5 Å². The minimum absolute atomic E-state index is 0.448. The van der Waals surface area contributed by atoms with Crippen molar-refractivity contribution < 1.29 is 9.53 Å². The Balaban J connectivity index is 2.55. The van der Waals surface area contributed by atoms with Gasteiger partial charge in [0.25, 0.3) is 0 Å². The Bertz CT molecular complexity index is 611. The molecular weight excluding hydrogens is 306 g/mol. The fraction of sp³-hybridized carbons (Fsp3) is 0.133. The van der Waals surface area contributed by atoms with Gasteiger partial charge in [-0.25, -0.2) is 0 Å². The van der Waals surface area contributed by atoms with Crippen molar-refractivity contribution in [2.75, 3.05) is 6.61 Å². The quantitative estimate of drug-likeness (QED) is 0.935. The predicted molar refractivity (Wildman–Crippen MR) is 79.3 cm³/mol.